The lowest BCUT2D eigenvalue weighted by Gasteiger charge is -2.33. The fourth-order valence-electron chi connectivity index (χ4n) is 3.76. The minimum atomic E-state index is 0.187. The number of nitrogens with one attached hydrogen (secondary N) is 1. The molecule has 132 valence electrons. The fourth-order valence-corrected chi connectivity index (χ4v) is 3.76. The van der Waals surface area contributed by atoms with Crippen LogP contribution in [0.25, 0.3) is 0 Å². The maximum Gasteiger partial charge on any atom is 0.0154 e. The molecule has 0 bridgehead atoms. The molecule has 0 amide bonds. The van der Waals surface area contributed by atoms with E-state index in [4.69, 9.17) is 0 Å². The number of hydrogen-bond acceptors (Lipinski definition) is 1. The van der Waals surface area contributed by atoms with E-state index in [1.165, 1.54) is 36.8 Å². The molecule has 1 aliphatic carbocycles. The molecule has 1 N–H and O–H groups in total. The molecular weight excluding hydrogens is 278 g/mol. The SMILES string of the molecule is CCCCC1=C(C)C(C)=C(C=C(C)C)C1(C)CCNC(C)(C)C. The highest BCUT2D eigenvalue weighted by Crippen LogP contribution is 2.51. The highest BCUT2D eigenvalue weighted by Gasteiger charge is 2.38. The van der Waals surface area contributed by atoms with Gasteiger partial charge in [0.25, 0.3) is 0 Å². The van der Waals surface area contributed by atoms with Gasteiger partial charge in [0.05, 0.1) is 0 Å². The minimum Gasteiger partial charge on any atom is -0.312 e. The van der Waals surface area contributed by atoms with Gasteiger partial charge in [-0.25, -0.2) is 0 Å². The van der Waals surface area contributed by atoms with Crippen molar-refractivity contribution >= 4 is 0 Å². The summed E-state index contributed by atoms with van der Waals surface area (Å²) in [5.74, 6) is 0. The molecule has 0 fully saturated rings. The van der Waals surface area contributed by atoms with Gasteiger partial charge < -0.3 is 5.32 Å². The predicted molar refractivity (Wildman–Crippen MR) is 105 cm³/mol. The van der Waals surface area contributed by atoms with Crippen LogP contribution in [0.5, 0.6) is 0 Å². The molecule has 0 aromatic heterocycles. The molecule has 0 heterocycles. The van der Waals surface area contributed by atoms with E-state index in [0.717, 1.165) is 6.54 Å². The van der Waals surface area contributed by atoms with E-state index in [0.29, 0.717) is 0 Å². The van der Waals surface area contributed by atoms with Crippen LogP contribution in [-0.2, 0) is 0 Å². The van der Waals surface area contributed by atoms with Gasteiger partial charge in [-0.05, 0) is 91.0 Å². The van der Waals surface area contributed by atoms with Crippen LogP contribution in [0.3, 0.4) is 0 Å². The van der Waals surface area contributed by atoms with E-state index < -0.39 is 0 Å². The summed E-state index contributed by atoms with van der Waals surface area (Å²) in [6.07, 6.45) is 7.41. The van der Waals surface area contributed by atoms with E-state index >= 15 is 0 Å². The standard InChI is InChI=1S/C22H39N/c1-10-11-12-19-17(4)18(5)20(15-16(2)3)22(19,9)13-14-23-21(6,7)8/h15,23H,10-14H2,1-9H3. The highest BCUT2D eigenvalue weighted by atomic mass is 14.9. The molecule has 23 heavy (non-hydrogen) atoms. The first-order valence-corrected chi connectivity index (χ1v) is 9.35. The van der Waals surface area contributed by atoms with Gasteiger partial charge in [-0.1, -0.05) is 37.5 Å². The first kappa shape index (κ1) is 20.2. The molecule has 0 aliphatic heterocycles. The number of allylic oxidation sites excluding steroid dienone is 6. The Bertz CT molecular complexity index is 507. The zero-order chi connectivity index (χ0) is 17.8. The molecule has 1 heteroatoms. The van der Waals surface area contributed by atoms with Crippen LogP contribution in [0, 0.1) is 5.41 Å². The summed E-state index contributed by atoms with van der Waals surface area (Å²) in [6, 6.07) is 0. The van der Waals surface area contributed by atoms with Crippen molar-refractivity contribution in [2.24, 2.45) is 5.41 Å². The van der Waals surface area contributed by atoms with Crippen LogP contribution in [0.2, 0.25) is 0 Å². The monoisotopic (exact) mass is 317 g/mol. The summed E-state index contributed by atoms with van der Waals surface area (Å²) in [6.45, 7) is 21.7. The molecule has 0 saturated heterocycles. The normalized spacial score (nSPS) is 22.1. The molecule has 0 aromatic rings. The topological polar surface area (TPSA) is 12.0 Å². The summed E-state index contributed by atoms with van der Waals surface area (Å²) in [7, 11) is 0. The molecular formula is C22H39N. The Labute approximate surface area is 145 Å². The Morgan fingerprint density at radius 1 is 1.13 bits per heavy atom. The Morgan fingerprint density at radius 2 is 1.74 bits per heavy atom. The van der Waals surface area contributed by atoms with Crippen LogP contribution in [0.4, 0.5) is 0 Å². The second-order valence-corrected chi connectivity index (χ2v) is 8.73. The minimum absolute atomic E-state index is 0.187. The number of hydrogen-bond donors (Lipinski definition) is 1. The van der Waals surface area contributed by atoms with Crippen LogP contribution in [-0.4, -0.2) is 12.1 Å². The van der Waals surface area contributed by atoms with Crippen molar-refractivity contribution in [2.75, 3.05) is 6.54 Å². The smallest absolute Gasteiger partial charge is 0.0154 e. The molecule has 0 spiro atoms. The van der Waals surface area contributed by atoms with Crippen molar-refractivity contribution in [3.63, 3.8) is 0 Å². The van der Waals surface area contributed by atoms with Crippen LogP contribution in [0.15, 0.2) is 33.9 Å². The molecule has 1 nitrogen and oxygen atoms in total. The van der Waals surface area contributed by atoms with Gasteiger partial charge in [-0.15, -0.1) is 0 Å². The lowest BCUT2D eigenvalue weighted by Crippen LogP contribution is -2.38. The third-order valence-electron chi connectivity index (χ3n) is 5.17. The van der Waals surface area contributed by atoms with Crippen molar-refractivity contribution in [1.82, 2.24) is 5.32 Å². The fraction of sp³-hybridized carbons (Fsp3) is 0.727. The van der Waals surface area contributed by atoms with Crippen molar-refractivity contribution in [3.8, 4) is 0 Å². The van der Waals surface area contributed by atoms with Gasteiger partial charge in [0.1, 0.15) is 0 Å². The molecule has 1 aliphatic rings. The van der Waals surface area contributed by atoms with Crippen molar-refractivity contribution in [3.05, 3.63) is 33.9 Å². The molecule has 1 rings (SSSR count). The van der Waals surface area contributed by atoms with E-state index in [2.05, 4.69) is 73.7 Å². The van der Waals surface area contributed by atoms with Gasteiger partial charge in [0.15, 0.2) is 0 Å². The predicted octanol–water partition coefficient (Wildman–Crippen LogP) is 6.57. The summed E-state index contributed by atoms with van der Waals surface area (Å²) < 4.78 is 0. The third-order valence-corrected chi connectivity index (χ3v) is 5.17. The maximum atomic E-state index is 3.69. The summed E-state index contributed by atoms with van der Waals surface area (Å²) in [5, 5.41) is 3.69. The molecule has 1 unspecified atom stereocenters. The van der Waals surface area contributed by atoms with Crippen molar-refractivity contribution in [1.29, 1.82) is 0 Å². The summed E-state index contributed by atoms with van der Waals surface area (Å²) in [5.41, 5.74) is 8.07. The Hall–Kier alpha value is -0.820. The summed E-state index contributed by atoms with van der Waals surface area (Å²) >= 11 is 0. The van der Waals surface area contributed by atoms with Gasteiger partial charge in [-0.2, -0.15) is 0 Å². The third kappa shape index (κ3) is 5.08. The quantitative estimate of drug-likeness (QED) is 0.559. The van der Waals surface area contributed by atoms with E-state index in [1.54, 1.807) is 16.7 Å². The lowest BCUT2D eigenvalue weighted by molar-refractivity contribution is 0.362. The molecule has 1 atom stereocenters. The van der Waals surface area contributed by atoms with Crippen molar-refractivity contribution < 1.29 is 0 Å². The molecule has 0 saturated carbocycles. The second-order valence-electron chi connectivity index (χ2n) is 8.73. The van der Waals surface area contributed by atoms with Crippen LogP contribution < -0.4 is 5.32 Å². The lowest BCUT2D eigenvalue weighted by atomic mass is 9.73. The first-order valence-electron chi connectivity index (χ1n) is 9.35. The van der Waals surface area contributed by atoms with E-state index in [-0.39, 0.29) is 11.0 Å². The Balaban J connectivity index is 3.13. The number of rotatable bonds is 7. The average Bonchev–Trinajstić information content (AvgIpc) is 2.57. The second kappa shape index (κ2) is 7.83. The highest BCUT2D eigenvalue weighted by molar-refractivity contribution is 5.56. The Morgan fingerprint density at radius 3 is 2.22 bits per heavy atom. The average molecular weight is 318 g/mol. The van der Waals surface area contributed by atoms with Gasteiger partial charge in [-0.3, -0.25) is 0 Å². The summed E-state index contributed by atoms with van der Waals surface area (Å²) in [4.78, 5) is 0. The van der Waals surface area contributed by atoms with E-state index in [9.17, 15) is 0 Å². The number of unbranched alkanes of at least 4 members (excludes halogenated alkanes) is 1. The van der Waals surface area contributed by atoms with Crippen molar-refractivity contribution in [2.45, 2.75) is 93.5 Å². The zero-order valence-electron chi connectivity index (χ0n) is 17.1. The largest absolute Gasteiger partial charge is 0.312 e. The van der Waals surface area contributed by atoms with Gasteiger partial charge >= 0.3 is 0 Å². The molecule has 0 aromatic carbocycles. The molecule has 0 radical (unpaired) electrons. The van der Waals surface area contributed by atoms with Crippen LogP contribution >= 0.6 is 0 Å². The van der Waals surface area contributed by atoms with E-state index in [1.807, 2.05) is 0 Å². The van der Waals surface area contributed by atoms with Crippen LogP contribution in [0.1, 0.15) is 88.0 Å². The maximum absolute atomic E-state index is 3.69. The first-order chi connectivity index (χ1) is 10.5. The van der Waals surface area contributed by atoms with Gasteiger partial charge in [0.2, 0.25) is 0 Å². The Kier molecular flexibility index (Phi) is 6.89. The van der Waals surface area contributed by atoms with Gasteiger partial charge in [0, 0.05) is 11.0 Å². The zero-order valence-corrected chi connectivity index (χ0v) is 17.1.